The van der Waals surface area contributed by atoms with Crippen LogP contribution in [0.3, 0.4) is 0 Å². The van der Waals surface area contributed by atoms with Crippen molar-refractivity contribution >= 4 is 34.9 Å². The zero-order valence-corrected chi connectivity index (χ0v) is 13.3. The third-order valence-corrected chi connectivity index (χ3v) is 4.14. The van der Waals surface area contributed by atoms with Gasteiger partial charge in [0.25, 0.3) is 0 Å². The van der Waals surface area contributed by atoms with Crippen molar-refractivity contribution in [2.75, 3.05) is 5.32 Å². The molecule has 0 unspecified atom stereocenters. The molecule has 0 heterocycles. The molecule has 1 fully saturated rings. The number of carboxylic acid groups (broad SMARTS) is 1. The molecule has 1 aromatic carbocycles. The zero-order chi connectivity index (χ0) is 16.1. The molecule has 1 saturated carbocycles. The largest absolute Gasteiger partial charge is 0.478 e. The molecule has 1 aliphatic rings. The summed E-state index contributed by atoms with van der Waals surface area (Å²) in [5, 5.41) is 14.9. The predicted molar refractivity (Wildman–Crippen MR) is 89.1 cm³/mol. The Bertz CT molecular complexity index is 595. The van der Waals surface area contributed by atoms with Crippen LogP contribution in [0.15, 0.2) is 18.2 Å². The summed E-state index contributed by atoms with van der Waals surface area (Å²) in [6, 6.07) is 4.72. The third kappa shape index (κ3) is 4.27. The van der Waals surface area contributed by atoms with E-state index in [-0.39, 0.29) is 22.5 Å². The van der Waals surface area contributed by atoms with Gasteiger partial charge in [0, 0.05) is 11.6 Å². The lowest BCUT2D eigenvalue weighted by atomic mass is 9.89. The predicted octanol–water partition coefficient (Wildman–Crippen LogP) is 3.09. The number of nitrogens with one attached hydrogen (secondary N) is 2. The van der Waals surface area contributed by atoms with Crippen LogP contribution in [0.1, 0.15) is 48.0 Å². The highest BCUT2D eigenvalue weighted by Gasteiger charge is 2.21. The summed E-state index contributed by atoms with van der Waals surface area (Å²) >= 11 is 5.17. The number of hydrogen-bond acceptors (Lipinski definition) is 3. The monoisotopic (exact) mass is 320 g/mol. The Morgan fingerprint density at radius 2 is 1.91 bits per heavy atom. The number of aromatic carboxylic acids is 1. The van der Waals surface area contributed by atoms with E-state index in [4.69, 9.17) is 17.3 Å². The maximum absolute atomic E-state index is 12.1. The minimum atomic E-state index is -0.970. The second-order valence-electron chi connectivity index (χ2n) is 5.61. The molecule has 1 amide bonds. The van der Waals surface area contributed by atoms with E-state index in [2.05, 4.69) is 10.6 Å². The fraction of sp³-hybridized carbons (Fsp3) is 0.438. The molecule has 5 nitrogen and oxygen atoms in total. The smallest absolute Gasteiger partial charge is 0.335 e. The van der Waals surface area contributed by atoms with Gasteiger partial charge >= 0.3 is 5.97 Å². The molecule has 22 heavy (non-hydrogen) atoms. The Morgan fingerprint density at radius 1 is 1.23 bits per heavy atom. The summed E-state index contributed by atoms with van der Waals surface area (Å²) in [6.07, 6.45) is 5.21. The van der Waals surface area contributed by atoms with Crippen molar-refractivity contribution in [2.24, 2.45) is 5.92 Å². The average molecular weight is 320 g/mol. The van der Waals surface area contributed by atoms with Gasteiger partial charge in [0.05, 0.1) is 5.56 Å². The summed E-state index contributed by atoms with van der Waals surface area (Å²) in [5.41, 5.74) is 1.67. The van der Waals surface area contributed by atoms with Crippen LogP contribution >= 0.6 is 12.2 Å². The van der Waals surface area contributed by atoms with E-state index in [1.165, 1.54) is 12.5 Å². The number of thiocarbonyl (C=S) groups is 1. The second kappa shape index (κ2) is 7.35. The molecule has 6 heteroatoms. The van der Waals surface area contributed by atoms with Crippen molar-refractivity contribution in [2.45, 2.75) is 39.0 Å². The number of anilines is 1. The van der Waals surface area contributed by atoms with Gasteiger partial charge in [-0.3, -0.25) is 4.79 Å². The first-order valence-corrected chi connectivity index (χ1v) is 7.84. The van der Waals surface area contributed by atoms with Gasteiger partial charge in [0.1, 0.15) is 0 Å². The molecule has 1 aromatic rings. The van der Waals surface area contributed by atoms with E-state index in [9.17, 15) is 9.59 Å². The molecule has 0 aromatic heterocycles. The zero-order valence-electron chi connectivity index (χ0n) is 12.5. The molecule has 0 aliphatic heterocycles. The van der Waals surface area contributed by atoms with Crippen LogP contribution < -0.4 is 10.6 Å². The van der Waals surface area contributed by atoms with E-state index in [1.54, 1.807) is 19.1 Å². The van der Waals surface area contributed by atoms with E-state index >= 15 is 0 Å². The van der Waals surface area contributed by atoms with Gasteiger partial charge in [-0.05, 0) is 55.7 Å². The molecule has 0 radical (unpaired) electrons. The Labute approximate surface area is 135 Å². The van der Waals surface area contributed by atoms with Crippen LogP contribution in [0, 0.1) is 12.8 Å². The summed E-state index contributed by atoms with van der Waals surface area (Å²) in [4.78, 5) is 23.0. The second-order valence-corrected chi connectivity index (χ2v) is 6.02. The number of rotatable bonds is 3. The standard InChI is InChI=1S/C16H20N2O3S/c1-10-9-12(15(20)21)7-8-13(10)17-16(22)18-14(19)11-5-3-2-4-6-11/h7-9,11H,2-6H2,1H3,(H,20,21)(H2,17,18,19,22). The Morgan fingerprint density at radius 3 is 2.50 bits per heavy atom. The van der Waals surface area contributed by atoms with Crippen molar-refractivity contribution in [3.63, 3.8) is 0 Å². The molecular formula is C16H20N2O3S. The number of hydrogen-bond donors (Lipinski definition) is 3. The van der Waals surface area contributed by atoms with Crippen molar-refractivity contribution < 1.29 is 14.7 Å². The number of aryl methyl sites for hydroxylation is 1. The maximum atomic E-state index is 12.1. The minimum Gasteiger partial charge on any atom is -0.478 e. The first-order valence-electron chi connectivity index (χ1n) is 7.43. The molecule has 3 N–H and O–H groups in total. The van der Waals surface area contributed by atoms with Crippen LogP contribution in [0.25, 0.3) is 0 Å². The Hall–Kier alpha value is -1.95. The molecule has 0 saturated heterocycles. The van der Waals surface area contributed by atoms with Gasteiger partial charge in [0.2, 0.25) is 5.91 Å². The molecular weight excluding hydrogens is 300 g/mol. The van der Waals surface area contributed by atoms with Crippen molar-refractivity contribution in [1.82, 2.24) is 5.32 Å². The lowest BCUT2D eigenvalue weighted by molar-refractivity contribution is -0.124. The first-order chi connectivity index (χ1) is 10.5. The number of carbonyl (C=O) groups is 2. The fourth-order valence-corrected chi connectivity index (χ4v) is 2.88. The minimum absolute atomic E-state index is 0.0305. The van der Waals surface area contributed by atoms with Crippen molar-refractivity contribution in [3.8, 4) is 0 Å². The molecule has 0 spiro atoms. The highest BCUT2D eigenvalue weighted by atomic mass is 32.1. The number of amides is 1. The van der Waals surface area contributed by atoms with Crippen LogP contribution in [0.2, 0.25) is 0 Å². The molecule has 0 bridgehead atoms. The van der Waals surface area contributed by atoms with Crippen LogP contribution in [-0.4, -0.2) is 22.1 Å². The quantitative estimate of drug-likeness (QED) is 0.746. The summed E-state index contributed by atoms with van der Waals surface area (Å²) in [5.74, 6) is -0.955. The van der Waals surface area contributed by atoms with E-state index in [0.29, 0.717) is 5.69 Å². The van der Waals surface area contributed by atoms with E-state index in [1.807, 2.05) is 0 Å². The highest BCUT2D eigenvalue weighted by Crippen LogP contribution is 2.23. The molecule has 1 aliphatic carbocycles. The number of benzene rings is 1. The summed E-state index contributed by atoms with van der Waals surface area (Å²) in [7, 11) is 0. The van der Waals surface area contributed by atoms with Crippen molar-refractivity contribution in [1.29, 1.82) is 0 Å². The third-order valence-electron chi connectivity index (χ3n) is 3.93. The van der Waals surface area contributed by atoms with E-state index < -0.39 is 5.97 Å². The summed E-state index contributed by atoms with van der Waals surface area (Å²) in [6.45, 7) is 1.79. The topological polar surface area (TPSA) is 78.4 Å². The lowest BCUT2D eigenvalue weighted by Gasteiger charge is -2.21. The molecule has 0 atom stereocenters. The van der Waals surface area contributed by atoms with Crippen LogP contribution in [0.5, 0.6) is 0 Å². The van der Waals surface area contributed by atoms with Crippen LogP contribution in [-0.2, 0) is 4.79 Å². The average Bonchev–Trinajstić information content (AvgIpc) is 2.50. The maximum Gasteiger partial charge on any atom is 0.335 e. The molecule has 2 rings (SSSR count). The molecule has 118 valence electrons. The van der Waals surface area contributed by atoms with Gasteiger partial charge in [0.15, 0.2) is 5.11 Å². The van der Waals surface area contributed by atoms with Crippen molar-refractivity contribution in [3.05, 3.63) is 29.3 Å². The highest BCUT2D eigenvalue weighted by molar-refractivity contribution is 7.80. The van der Waals surface area contributed by atoms with Gasteiger partial charge < -0.3 is 15.7 Å². The Balaban J connectivity index is 1.94. The number of carbonyl (C=O) groups excluding carboxylic acids is 1. The number of carboxylic acids is 1. The summed E-state index contributed by atoms with van der Waals surface area (Å²) < 4.78 is 0. The van der Waals surface area contributed by atoms with E-state index in [0.717, 1.165) is 31.2 Å². The lowest BCUT2D eigenvalue weighted by Crippen LogP contribution is -2.39. The Kier molecular flexibility index (Phi) is 5.49. The fourth-order valence-electron chi connectivity index (χ4n) is 2.67. The van der Waals surface area contributed by atoms with Gasteiger partial charge in [-0.25, -0.2) is 4.79 Å². The van der Waals surface area contributed by atoms with Gasteiger partial charge in [-0.15, -0.1) is 0 Å². The van der Waals surface area contributed by atoms with Crippen LogP contribution in [0.4, 0.5) is 5.69 Å². The van der Waals surface area contributed by atoms with Gasteiger partial charge in [-0.1, -0.05) is 19.3 Å². The SMILES string of the molecule is Cc1cc(C(=O)O)ccc1NC(=S)NC(=O)C1CCCCC1. The van der Waals surface area contributed by atoms with Gasteiger partial charge in [-0.2, -0.15) is 0 Å². The first kappa shape index (κ1) is 16.4. The normalized spacial score (nSPS) is 15.1.